The molecule has 3 amide bonds. The van der Waals surface area contributed by atoms with Crippen LogP contribution in [0.5, 0.6) is 0 Å². The maximum absolute atomic E-state index is 12.6. The first-order valence-corrected chi connectivity index (χ1v) is 10.1. The van der Waals surface area contributed by atoms with Crippen LogP contribution in [0.1, 0.15) is 24.0 Å². The van der Waals surface area contributed by atoms with Gasteiger partial charge in [-0.25, -0.2) is 4.79 Å². The van der Waals surface area contributed by atoms with Gasteiger partial charge in [0.2, 0.25) is 11.8 Å². The summed E-state index contributed by atoms with van der Waals surface area (Å²) in [6.07, 6.45) is 1.87. The number of alkyl carbamates (subject to hydrolysis) is 1. The number of amides is 3. The van der Waals surface area contributed by atoms with E-state index in [1.165, 1.54) is 0 Å². The molecule has 0 unspecified atom stereocenters. The summed E-state index contributed by atoms with van der Waals surface area (Å²) in [5.74, 6) is -0.936. The van der Waals surface area contributed by atoms with E-state index in [1.807, 2.05) is 60.8 Å². The van der Waals surface area contributed by atoms with Gasteiger partial charge in [-0.15, -0.1) is 0 Å². The molecule has 1 aromatic heterocycles. The first-order valence-electron chi connectivity index (χ1n) is 10.1. The molecule has 3 rings (SSSR count). The third-order valence-electron chi connectivity index (χ3n) is 4.87. The molecule has 162 valence electrons. The molecule has 2 aromatic carbocycles. The lowest BCUT2D eigenvalue weighted by atomic mass is 10.1. The second-order valence-corrected chi connectivity index (χ2v) is 7.16. The van der Waals surface area contributed by atoms with Crippen LogP contribution in [-0.2, 0) is 27.4 Å². The van der Waals surface area contributed by atoms with Gasteiger partial charge in [-0.05, 0) is 30.0 Å². The maximum Gasteiger partial charge on any atom is 0.408 e. The molecule has 1 atom stereocenters. The van der Waals surface area contributed by atoms with Gasteiger partial charge in [-0.1, -0.05) is 48.5 Å². The highest BCUT2D eigenvalue weighted by atomic mass is 16.5. The number of carbonyl (C=O) groups excluding carboxylic acids is 3. The Morgan fingerprint density at radius 1 is 1.03 bits per heavy atom. The summed E-state index contributed by atoms with van der Waals surface area (Å²) in [7, 11) is 0. The number of ether oxygens (including phenoxy) is 1. The van der Waals surface area contributed by atoms with Gasteiger partial charge in [0.1, 0.15) is 12.6 Å². The molecule has 1 heterocycles. The summed E-state index contributed by atoms with van der Waals surface area (Å²) in [5.41, 5.74) is 8.15. The monoisotopic (exact) mass is 422 g/mol. The van der Waals surface area contributed by atoms with Crippen LogP contribution in [0.3, 0.4) is 0 Å². The lowest BCUT2D eigenvalue weighted by molar-refractivity contribution is -0.123. The Kier molecular flexibility index (Phi) is 7.64. The largest absolute Gasteiger partial charge is 0.445 e. The van der Waals surface area contributed by atoms with Crippen LogP contribution >= 0.6 is 0 Å². The van der Waals surface area contributed by atoms with Gasteiger partial charge in [0.05, 0.1) is 0 Å². The van der Waals surface area contributed by atoms with Crippen LogP contribution in [0.15, 0.2) is 60.8 Å². The minimum absolute atomic E-state index is 0.0283. The van der Waals surface area contributed by atoms with Gasteiger partial charge >= 0.3 is 6.09 Å². The van der Waals surface area contributed by atoms with Crippen LogP contribution in [0.2, 0.25) is 0 Å². The predicted molar refractivity (Wildman–Crippen MR) is 117 cm³/mol. The summed E-state index contributed by atoms with van der Waals surface area (Å²) in [6.45, 7) is 0.464. The zero-order chi connectivity index (χ0) is 22.1. The van der Waals surface area contributed by atoms with E-state index in [1.54, 1.807) is 0 Å². The van der Waals surface area contributed by atoms with Crippen LogP contribution < -0.4 is 16.4 Å². The fraction of sp³-hybridized carbons (Fsp3) is 0.261. The van der Waals surface area contributed by atoms with Gasteiger partial charge in [0.25, 0.3) is 0 Å². The topological polar surface area (TPSA) is 126 Å². The molecule has 0 aliphatic heterocycles. The van der Waals surface area contributed by atoms with E-state index >= 15 is 0 Å². The van der Waals surface area contributed by atoms with Crippen LogP contribution in [0.4, 0.5) is 4.79 Å². The lowest BCUT2D eigenvalue weighted by Gasteiger charge is -2.18. The highest BCUT2D eigenvalue weighted by molar-refractivity contribution is 5.86. The highest BCUT2D eigenvalue weighted by Crippen LogP contribution is 2.17. The van der Waals surface area contributed by atoms with E-state index in [-0.39, 0.29) is 19.4 Å². The average molecular weight is 422 g/mol. The third kappa shape index (κ3) is 6.60. The quantitative estimate of drug-likeness (QED) is 0.400. The van der Waals surface area contributed by atoms with Crippen molar-refractivity contribution in [2.45, 2.75) is 31.9 Å². The Morgan fingerprint density at radius 2 is 1.77 bits per heavy atom. The number of aromatic nitrogens is 1. The van der Waals surface area contributed by atoms with Gasteiger partial charge in [-0.2, -0.15) is 0 Å². The van der Waals surface area contributed by atoms with Crippen molar-refractivity contribution in [2.75, 3.05) is 6.54 Å². The first kappa shape index (κ1) is 21.9. The molecule has 0 saturated heterocycles. The summed E-state index contributed by atoms with van der Waals surface area (Å²) in [5, 5.41) is 6.44. The van der Waals surface area contributed by atoms with E-state index in [0.717, 1.165) is 22.0 Å². The number of hydrogen-bond donors (Lipinski definition) is 4. The van der Waals surface area contributed by atoms with Gasteiger partial charge < -0.3 is 26.1 Å². The normalized spacial score (nSPS) is 11.6. The Balaban J connectivity index is 1.52. The maximum atomic E-state index is 12.6. The number of benzene rings is 2. The van der Waals surface area contributed by atoms with Crippen molar-refractivity contribution in [2.24, 2.45) is 5.73 Å². The molecular weight excluding hydrogens is 396 g/mol. The van der Waals surface area contributed by atoms with Crippen LogP contribution in [0.25, 0.3) is 10.9 Å². The minimum atomic E-state index is -0.918. The molecule has 0 saturated carbocycles. The SMILES string of the molecule is NC(=O)CC[C@H](NC(=O)OCc1ccccc1)C(=O)NCCc1c[nH]c2ccccc12. The van der Waals surface area contributed by atoms with Crippen molar-refractivity contribution in [3.63, 3.8) is 0 Å². The predicted octanol–water partition coefficient (Wildman–Crippen LogP) is 2.39. The molecular formula is C23H26N4O4. The number of primary amides is 1. The Labute approximate surface area is 180 Å². The van der Waals surface area contributed by atoms with E-state index in [9.17, 15) is 14.4 Å². The van der Waals surface area contributed by atoms with Crippen molar-refractivity contribution in [3.05, 3.63) is 71.9 Å². The number of hydrogen-bond acceptors (Lipinski definition) is 4. The highest BCUT2D eigenvalue weighted by Gasteiger charge is 2.22. The fourth-order valence-electron chi connectivity index (χ4n) is 3.24. The minimum Gasteiger partial charge on any atom is -0.445 e. The fourth-order valence-corrected chi connectivity index (χ4v) is 3.24. The molecule has 31 heavy (non-hydrogen) atoms. The summed E-state index contributed by atoms with van der Waals surface area (Å²) >= 11 is 0. The van der Waals surface area contributed by atoms with E-state index < -0.39 is 23.9 Å². The van der Waals surface area contributed by atoms with Crippen molar-refractivity contribution < 1.29 is 19.1 Å². The van der Waals surface area contributed by atoms with Crippen LogP contribution in [-0.4, -0.2) is 35.5 Å². The second-order valence-electron chi connectivity index (χ2n) is 7.16. The zero-order valence-corrected chi connectivity index (χ0v) is 17.1. The molecule has 0 fully saturated rings. The summed E-state index contributed by atoms with van der Waals surface area (Å²) in [6, 6.07) is 16.2. The average Bonchev–Trinajstić information content (AvgIpc) is 3.19. The van der Waals surface area contributed by atoms with Gasteiger partial charge in [-0.3, -0.25) is 9.59 Å². The molecule has 0 aliphatic rings. The Bertz CT molecular complexity index is 1030. The molecule has 8 heteroatoms. The molecule has 8 nitrogen and oxygen atoms in total. The zero-order valence-electron chi connectivity index (χ0n) is 17.1. The van der Waals surface area contributed by atoms with Gasteiger partial charge in [0, 0.05) is 30.1 Å². The summed E-state index contributed by atoms with van der Waals surface area (Å²) < 4.78 is 5.18. The smallest absolute Gasteiger partial charge is 0.408 e. The Morgan fingerprint density at radius 3 is 2.55 bits per heavy atom. The molecule has 0 spiro atoms. The van der Waals surface area contributed by atoms with Gasteiger partial charge in [0.15, 0.2) is 0 Å². The van der Waals surface area contributed by atoms with E-state index in [0.29, 0.717) is 13.0 Å². The molecule has 0 bridgehead atoms. The van der Waals surface area contributed by atoms with Crippen molar-refractivity contribution >= 4 is 28.8 Å². The third-order valence-corrected chi connectivity index (χ3v) is 4.87. The van der Waals surface area contributed by atoms with Crippen molar-refractivity contribution in [1.29, 1.82) is 0 Å². The van der Waals surface area contributed by atoms with Crippen molar-refractivity contribution in [1.82, 2.24) is 15.6 Å². The number of nitrogens with two attached hydrogens (primary N) is 1. The molecule has 0 radical (unpaired) electrons. The number of aromatic amines is 1. The summed E-state index contributed by atoms with van der Waals surface area (Å²) in [4.78, 5) is 39.1. The molecule has 0 aliphatic carbocycles. The number of H-pyrrole nitrogens is 1. The number of rotatable bonds is 10. The second kappa shape index (κ2) is 10.8. The standard InChI is InChI=1S/C23H26N4O4/c24-21(28)11-10-20(27-23(30)31-15-16-6-2-1-3-7-16)22(29)25-13-12-17-14-26-19-9-5-4-8-18(17)19/h1-9,14,20,26H,10-13,15H2,(H2,24,28)(H,25,29)(H,27,30)/t20-/m0/s1. The number of carbonyl (C=O) groups is 3. The number of fused-ring (bicyclic) bond motifs is 1. The molecule has 3 aromatic rings. The van der Waals surface area contributed by atoms with E-state index in [2.05, 4.69) is 15.6 Å². The first-order chi connectivity index (χ1) is 15.0. The number of nitrogens with one attached hydrogen (secondary N) is 3. The van der Waals surface area contributed by atoms with Crippen molar-refractivity contribution in [3.8, 4) is 0 Å². The lowest BCUT2D eigenvalue weighted by Crippen LogP contribution is -2.47. The van der Waals surface area contributed by atoms with E-state index in [4.69, 9.17) is 10.5 Å². The van der Waals surface area contributed by atoms with Crippen LogP contribution in [0, 0.1) is 0 Å². The number of para-hydroxylation sites is 1. The Hall–Kier alpha value is -3.81. The molecule has 5 N–H and O–H groups in total.